The van der Waals surface area contributed by atoms with Crippen molar-refractivity contribution in [1.82, 2.24) is 15.2 Å². The SMILES string of the molecule is CCNc1ncccc1C(=O)N1CC(=O)NC(=O)C1. The summed E-state index contributed by atoms with van der Waals surface area (Å²) >= 11 is 0. The van der Waals surface area contributed by atoms with E-state index in [1.54, 1.807) is 18.3 Å². The van der Waals surface area contributed by atoms with E-state index in [0.717, 1.165) is 0 Å². The molecule has 0 aromatic carbocycles. The number of hydrogen-bond acceptors (Lipinski definition) is 5. The Kier molecular flexibility index (Phi) is 3.74. The van der Waals surface area contributed by atoms with E-state index in [1.165, 1.54) is 4.90 Å². The third kappa shape index (κ3) is 2.87. The fraction of sp³-hybridized carbons (Fsp3) is 0.333. The molecule has 0 unspecified atom stereocenters. The maximum Gasteiger partial charge on any atom is 0.258 e. The van der Waals surface area contributed by atoms with E-state index in [4.69, 9.17) is 0 Å². The van der Waals surface area contributed by atoms with E-state index in [1.807, 2.05) is 6.92 Å². The van der Waals surface area contributed by atoms with Gasteiger partial charge in [-0.1, -0.05) is 0 Å². The molecule has 19 heavy (non-hydrogen) atoms. The quantitative estimate of drug-likeness (QED) is 0.724. The maximum absolute atomic E-state index is 12.3. The molecule has 2 N–H and O–H groups in total. The predicted octanol–water partition coefficient (Wildman–Crippen LogP) is -0.388. The van der Waals surface area contributed by atoms with Gasteiger partial charge < -0.3 is 10.2 Å². The second kappa shape index (κ2) is 5.47. The molecule has 1 aromatic rings. The monoisotopic (exact) mass is 262 g/mol. The Morgan fingerprint density at radius 1 is 1.42 bits per heavy atom. The first-order valence-corrected chi connectivity index (χ1v) is 5.92. The highest BCUT2D eigenvalue weighted by atomic mass is 16.2. The van der Waals surface area contributed by atoms with Crippen molar-refractivity contribution in [1.29, 1.82) is 0 Å². The molecule has 0 atom stereocenters. The van der Waals surface area contributed by atoms with Gasteiger partial charge in [0.05, 0.1) is 5.56 Å². The first-order valence-electron chi connectivity index (χ1n) is 5.92. The average Bonchev–Trinajstić information content (AvgIpc) is 2.38. The molecule has 1 aromatic heterocycles. The van der Waals surface area contributed by atoms with Crippen LogP contribution in [0.4, 0.5) is 5.82 Å². The van der Waals surface area contributed by atoms with Gasteiger partial charge in [-0.3, -0.25) is 19.7 Å². The number of imide groups is 1. The van der Waals surface area contributed by atoms with Crippen LogP contribution >= 0.6 is 0 Å². The van der Waals surface area contributed by atoms with Crippen LogP contribution in [0.3, 0.4) is 0 Å². The lowest BCUT2D eigenvalue weighted by atomic mass is 10.2. The van der Waals surface area contributed by atoms with Crippen molar-refractivity contribution in [3.05, 3.63) is 23.9 Å². The van der Waals surface area contributed by atoms with Crippen LogP contribution in [-0.4, -0.2) is 47.2 Å². The Bertz CT molecular complexity index is 513. The van der Waals surface area contributed by atoms with Gasteiger partial charge in [0.1, 0.15) is 18.9 Å². The summed E-state index contributed by atoms with van der Waals surface area (Å²) < 4.78 is 0. The summed E-state index contributed by atoms with van der Waals surface area (Å²) in [5.74, 6) is -0.877. The molecule has 2 heterocycles. The van der Waals surface area contributed by atoms with E-state index >= 15 is 0 Å². The minimum Gasteiger partial charge on any atom is -0.370 e. The summed E-state index contributed by atoms with van der Waals surface area (Å²) in [7, 11) is 0. The molecule has 1 saturated heterocycles. The Morgan fingerprint density at radius 2 is 2.11 bits per heavy atom. The molecule has 1 aliphatic heterocycles. The molecular weight excluding hydrogens is 248 g/mol. The third-order valence-electron chi connectivity index (χ3n) is 2.62. The van der Waals surface area contributed by atoms with Gasteiger partial charge in [0, 0.05) is 12.7 Å². The van der Waals surface area contributed by atoms with Crippen LogP contribution in [0.1, 0.15) is 17.3 Å². The first-order chi connectivity index (χ1) is 9.11. The minimum absolute atomic E-state index is 0.120. The second-order valence-electron chi connectivity index (χ2n) is 4.06. The van der Waals surface area contributed by atoms with Crippen molar-refractivity contribution >= 4 is 23.5 Å². The molecule has 1 fully saturated rings. The number of nitrogens with zero attached hydrogens (tertiary/aromatic N) is 2. The fourth-order valence-corrected chi connectivity index (χ4v) is 1.84. The van der Waals surface area contributed by atoms with Crippen LogP contribution in [0.25, 0.3) is 0 Å². The van der Waals surface area contributed by atoms with Crippen LogP contribution in [0.5, 0.6) is 0 Å². The molecule has 7 nitrogen and oxygen atoms in total. The number of pyridine rings is 1. The molecule has 0 saturated carbocycles. The summed E-state index contributed by atoms with van der Waals surface area (Å²) in [6.45, 7) is 2.27. The van der Waals surface area contributed by atoms with Crippen molar-refractivity contribution in [2.75, 3.05) is 25.0 Å². The number of carbonyl (C=O) groups is 3. The number of anilines is 1. The van der Waals surface area contributed by atoms with Crippen LogP contribution < -0.4 is 10.6 Å². The molecule has 0 radical (unpaired) electrons. The normalized spacial score (nSPS) is 15.1. The number of amides is 3. The highest BCUT2D eigenvalue weighted by Crippen LogP contribution is 2.14. The molecule has 2 rings (SSSR count). The largest absolute Gasteiger partial charge is 0.370 e. The van der Waals surface area contributed by atoms with Crippen molar-refractivity contribution < 1.29 is 14.4 Å². The summed E-state index contributed by atoms with van der Waals surface area (Å²) in [6, 6.07) is 3.25. The van der Waals surface area contributed by atoms with Gasteiger partial charge in [-0.15, -0.1) is 0 Å². The number of rotatable bonds is 3. The van der Waals surface area contributed by atoms with Crippen LogP contribution in [0.15, 0.2) is 18.3 Å². The summed E-state index contributed by atoms with van der Waals surface area (Å²) in [6.07, 6.45) is 1.57. The van der Waals surface area contributed by atoms with Gasteiger partial charge in [-0.25, -0.2) is 4.98 Å². The van der Waals surface area contributed by atoms with Crippen LogP contribution in [0.2, 0.25) is 0 Å². The zero-order valence-corrected chi connectivity index (χ0v) is 10.5. The topological polar surface area (TPSA) is 91.4 Å². The smallest absolute Gasteiger partial charge is 0.258 e. The molecule has 0 bridgehead atoms. The number of piperazine rings is 1. The minimum atomic E-state index is -0.474. The fourth-order valence-electron chi connectivity index (χ4n) is 1.84. The van der Waals surface area contributed by atoms with Gasteiger partial charge >= 0.3 is 0 Å². The maximum atomic E-state index is 12.3. The lowest BCUT2D eigenvalue weighted by molar-refractivity contribution is -0.135. The number of hydrogen-bond donors (Lipinski definition) is 2. The predicted molar refractivity (Wildman–Crippen MR) is 67.5 cm³/mol. The van der Waals surface area contributed by atoms with Crippen molar-refractivity contribution in [3.63, 3.8) is 0 Å². The van der Waals surface area contributed by atoms with Crippen molar-refractivity contribution in [3.8, 4) is 0 Å². The zero-order valence-electron chi connectivity index (χ0n) is 10.5. The summed E-state index contributed by atoms with van der Waals surface area (Å²) in [4.78, 5) is 40.1. The number of carbonyl (C=O) groups excluding carboxylic acids is 3. The van der Waals surface area contributed by atoms with E-state index in [0.29, 0.717) is 17.9 Å². The molecular formula is C12H14N4O3. The number of nitrogens with one attached hydrogen (secondary N) is 2. The van der Waals surface area contributed by atoms with Gasteiger partial charge in [0.2, 0.25) is 11.8 Å². The third-order valence-corrected chi connectivity index (χ3v) is 2.62. The van der Waals surface area contributed by atoms with Gasteiger partial charge in [-0.2, -0.15) is 0 Å². The Hall–Kier alpha value is -2.44. The average molecular weight is 262 g/mol. The highest BCUT2D eigenvalue weighted by molar-refractivity contribution is 6.07. The molecule has 0 spiro atoms. The van der Waals surface area contributed by atoms with E-state index in [2.05, 4.69) is 15.6 Å². The molecule has 0 aliphatic carbocycles. The van der Waals surface area contributed by atoms with E-state index in [9.17, 15) is 14.4 Å². The molecule has 3 amide bonds. The lowest BCUT2D eigenvalue weighted by Crippen LogP contribution is -2.53. The molecule has 1 aliphatic rings. The van der Waals surface area contributed by atoms with Crippen molar-refractivity contribution in [2.24, 2.45) is 0 Å². The van der Waals surface area contributed by atoms with Crippen LogP contribution in [-0.2, 0) is 9.59 Å². The zero-order chi connectivity index (χ0) is 13.8. The highest BCUT2D eigenvalue weighted by Gasteiger charge is 2.28. The molecule has 100 valence electrons. The van der Waals surface area contributed by atoms with Gasteiger partial charge in [0.25, 0.3) is 5.91 Å². The summed E-state index contributed by atoms with van der Waals surface area (Å²) in [5.41, 5.74) is 0.354. The lowest BCUT2D eigenvalue weighted by Gasteiger charge is -2.26. The first kappa shape index (κ1) is 13.0. The Morgan fingerprint density at radius 3 is 2.74 bits per heavy atom. The Balaban J connectivity index is 2.24. The number of aromatic nitrogens is 1. The van der Waals surface area contributed by atoms with Crippen molar-refractivity contribution in [2.45, 2.75) is 6.92 Å². The standard InChI is InChI=1S/C12H14N4O3/c1-2-13-11-8(4-3-5-14-11)12(19)16-6-9(17)15-10(18)7-16/h3-5H,2,6-7H2,1H3,(H,13,14)(H,15,17,18). The summed E-state index contributed by atoms with van der Waals surface area (Å²) in [5, 5.41) is 5.13. The van der Waals surface area contributed by atoms with Crippen LogP contribution in [0, 0.1) is 0 Å². The van der Waals surface area contributed by atoms with Gasteiger partial charge in [-0.05, 0) is 19.1 Å². The Labute approximate surface area is 110 Å². The van der Waals surface area contributed by atoms with Gasteiger partial charge in [0.15, 0.2) is 0 Å². The van der Waals surface area contributed by atoms with E-state index in [-0.39, 0.29) is 19.0 Å². The second-order valence-corrected chi connectivity index (χ2v) is 4.06. The molecule has 7 heteroatoms. The van der Waals surface area contributed by atoms with E-state index < -0.39 is 11.8 Å².